The summed E-state index contributed by atoms with van der Waals surface area (Å²) in [5.41, 5.74) is 4.53. The molecule has 58 valence electrons. The number of amides is 1. The van der Waals surface area contributed by atoms with Crippen LogP contribution in [-0.4, -0.2) is 17.9 Å². The van der Waals surface area contributed by atoms with Crippen molar-refractivity contribution in [2.24, 2.45) is 5.73 Å². The molecule has 0 saturated heterocycles. The normalized spacial score (nSPS) is 8.80. The molecule has 0 rings (SSSR count). The predicted molar refractivity (Wildman–Crippen MR) is 36.2 cm³/mol. The van der Waals surface area contributed by atoms with Gasteiger partial charge in [-0.05, 0) is 6.08 Å². The minimum Gasteiger partial charge on any atom is -0.366 e. The topological polar surface area (TPSA) is 89.6 Å². The fourth-order valence-electron chi connectivity index (χ4n) is 0. The van der Waals surface area contributed by atoms with Crippen LogP contribution >= 0.6 is 8.25 Å². The van der Waals surface area contributed by atoms with Gasteiger partial charge in [-0.2, -0.15) is 0 Å². The first-order chi connectivity index (χ1) is 4.54. The molecule has 0 aromatic heterocycles. The zero-order valence-electron chi connectivity index (χ0n) is 5.48. The van der Waals surface area contributed by atoms with E-state index in [9.17, 15) is 9.36 Å². The summed E-state index contributed by atoms with van der Waals surface area (Å²) in [7, 11) is -1.18. The first kappa shape index (κ1) is 12.0. The fraction of sp³-hybridized carbons (Fsp3) is 0.250. The van der Waals surface area contributed by atoms with E-state index in [1.807, 2.05) is 0 Å². The number of nitrogens with two attached hydrogens (primary N) is 1. The second kappa shape index (κ2) is 8.23. The van der Waals surface area contributed by atoms with Gasteiger partial charge in [0, 0.05) is 4.57 Å². The Bertz CT molecular complexity index is 135. The first-order valence-corrected chi connectivity index (χ1v) is 3.29. The van der Waals surface area contributed by atoms with E-state index in [1.54, 1.807) is 0 Å². The highest BCUT2D eigenvalue weighted by atomic mass is 31.1. The van der Waals surface area contributed by atoms with Crippen LogP contribution in [0.2, 0.25) is 0 Å². The van der Waals surface area contributed by atoms with Crippen molar-refractivity contribution < 1.29 is 18.8 Å². The number of rotatable bonds is 2. The second-order valence-electron chi connectivity index (χ2n) is 1.03. The summed E-state index contributed by atoms with van der Waals surface area (Å²) in [6.07, 6.45) is 1.06. The van der Waals surface area contributed by atoms with Gasteiger partial charge in [0.25, 0.3) is 0 Å². The Morgan fingerprint density at radius 3 is 2.10 bits per heavy atom. The van der Waals surface area contributed by atoms with E-state index in [4.69, 9.17) is 4.89 Å². The van der Waals surface area contributed by atoms with E-state index in [0.29, 0.717) is 0 Å². The van der Waals surface area contributed by atoms with Crippen LogP contribution in [0.4, 0.5) is 0 Å². The van der Waals surface area contributed by atoms with Crippen molar-refractivity contribution in [3.8, 4) is 0 Å². The lowest BCUT2D eigenvalue weighted by Crippen LogP contribution is -2.04. The van der Waals surface area contributed by atoms with Crippen molar-refractivity contribution >= 4 is 14.2 Å². The van der Waals surface area contributed by atoms with Crippen LogP contribution in [-0.2, 0) is 13.9 Å². The summed E-state index contributed by atoms with van der Waals surface area (Å²) in [5.74, 6) is -0.481. The Morgan fingerprint density at radius 1 is 1.90 bits per heavy atom. The van der Waals surface area contributed by atoms with Crippen molar-refractivity contribution in [2.75, 3.05) is 7.11 Å². The van der Waals surface area contributed by atoms with Crippen molar-refractivity contribution in [2.45, 2.75) is 0 Å². The molecule has 0 radical (unpaired) electrons. The molecule has 10 heavy (non-hydrogen) atoms. The summed E-state index contributed by atoms with van der Waals surface area (Å²) in [4.78, 5) is 17.1. The molecule has 0 bridgehead atoms. The van der Waals surface area contributed by atoms with E-state index in [2.05, 4.69) is 16.8 Å². The van der Waals surface area contributed by atoms with Gasteiger partial charge in [0.1, 0.15) is 0 Å². The second-order valence-corrected chi connectivity index (χ2v) is 1.87. The fourth-order valence-corrected chi connectivity index (χ4v) is 0. The van der Waals surface area contributed by atoms with Gasteiger partial charge in [-0.15, -0.1) is 9.42 Å². The highest BCUT2D eigenvalue weighted by molar-refractivity contribution is 7.32. The van der Waals surface area contributed by atoms with Crippen molar-refractivity contribution in [3.05, 3.63) is 12.7 Å². The Kier molecular flexibility index (Phi) is 9.84. The average molecular weight is 166 g/mol. The average Bonchev–Trinajstić information content (AvgIpc) is 1.89. The third kappa shape index (κ3) is 26.9. The summed E-state index contributed by atoms with van der Waals surface area (Å²) >= 11 is 0. The maximum Gasteiger partial charge on any atom is 0.694 e. The Morgan fingerprint density at radius 2 is 2.10 bits per heavy atom. The lowest BCUT2D eigenvalue weighted by atomic mass is 10.6. The molecule has 0 aromatic rings. The minimum absolute atomic E-state index is 0.481. The quantitative estimate of drug-likeness (QED) is 0.444. The molecule has 0 heterocycles. The number of carbonyl (C=O) groups is 1. The lowest BCUT2D eigenvalue weighted by Gasteiger charge is -1.65. The predicted octanol–water partition coefficient (Wildman–Crippen LogP) is -0.0598. The summed E-state index contributed by atoms with van der Waals surface area (Å²) in [5, 5.41) is 0. The van der Waals surface area contributed by atoms with E-state index >= 15 is 0 Å². The first-order valence-electron chi connectivity index (χ1n) is 2.16. The molecule has 5 nitrogen and oxygen atoms in total. The van der Waals surface area contributed by atoms with Gasteiger partial charge in [-0.25, -0.2) is 0 Å². The zero-order valence-corrected chi connectivity index (χ0v) is 6.38. The highest BCUT2D eigenvalue weighted by Crippen LogP contribution is 2.09. The van der Waals surface area contributed by atoms with Crippen LogP contribution in [0.15, 0.2) is 12.7 Å². The molecule has 1 unspecified atom stereocenters. The molecule has 0 aliphatic carbocycles. The molecular weight excluding hydrogens is 157 g/mol. The SMILES string of the molecule is C=CC(N)=O.CO[P+](=O)O. The van der Waals surface area contributed by atoms with Crippen LogP contribution in [0.5, 0.6) is 0 Å². The van der Waals surface area contributed by atoms with Crippen LogP contribution in [0.3, 0.4) is 0 Å². The number of carbonyl (C=O) groups excluding carboxylic acids is 1. The largest absolute Gasteiger partial charge is 0.694 e. The van der Waals surface area contributed by atoms with E-state index in [-0.39, 0.29) is 0 Å². The number of primary amides is 1. The van der Waals surface area contributed by atoms with E-state index in [1.165, 1.54) is 7.11 Å². The third-order valence-electron chi connectivity index (χ3n) is 0.357. The molecular formula is C4H9NO4P+. The Hall–Kier alpha value is -0.770. The van der Waals surface area contributed by atoms with Crippen LogP contribution in [0, 0.1) is 0 Å². The van der Waals surface area contributed by atoms with Crippen molar-refractivity contribution in [3.63, 3.8) is 0 Å². The standard InChI is InChI=1S/C3H5NO.CH3O3P/c1-2-3(4)5;1-4-5(2)3/h2H,1H2,(H2,4,5);1H3/p+1. The van der Waals surface area contributed by atoms with Crippen molar-refractivity contribution in [1.29, 1.82) is 0 Å². The molecule has 0 aromatic carbocycles. The molecule has 0 aliphatic heterocycles. The van der Waals surface area contributed by atoms with Gasteiger partial charge in [-0.1, -0.05) is 6.58 Å². The third-order valence-corrected chi connectivity index (χ3v) is 0.670. The summed E-state index contributed by atoms with van der Waals surface area (Å²) in [6.45, 7) is 3.09. The lowest BCUT2D eigenvalue weighted by molar-refractivity contribution is -0.113. The molecule has 3 N–H and O–H groups in total. The molecule has 1 atom stereocenters. The van der Waals surface area contributed by atoms with Gasteiger partial charge in [0.05, 0.1) is 7.11 Å². The maximum absolute atomic E-state index is 9.47. The van der Waals surface area contributed by atoms with E-state index in [0.717, 1.165) is 6.08 Å². The zero-order chi connectivity index (χ0) is 8.57. The van der Waals surface area contributed by atoms with E-state index < -0.39 is 14.2 Å². The smallest absolute Gasteiger partial charge is 0.366 e. The van der Waals surface area contributed by atoms with Crippen LogP contribution < -0.4 is 5.73 Å². The maximum atomic E-state index is 9.47. The van der Waals surface area contributed by atoms with Crippen LogP contribution in [0.1, 0.15) is 0 Å². The molecule has 0 aliphatic rings. The number of hydrogen-bond acceptors (Lipinski definition) is 3. The van der Waals surface area contributed by atoms with Gasteiger partial charge in [-0.3, -0.25) is 4.79 Å². The number of hydrogen-bond donors (Lipinski definition) is 2. The molecule has 6 heteroatoms. The minimum atomic E-state index is -2.35. The monoisotopic (exact) mass is 166 g/mol. The Balaban J connectivity index is 0. The van der Waals surface area contributed by atoms with Gasteiger partial charge < -0.3 is 5.73 Å². The Labute approximate surface area is 59.4 Å². The van der Waals surface area contributed by atoms with Gasteiger partial charge in [0.2, 0.25) is 5.91 Å². The van der Waals surface area contributed by atoms with Crippen molar-refractivity contribution in [1.82, 2.24) is 0 Å². The molecule has 0 saturated carbocycles. The van der Waals surface area contributed by atoms with Gasteiger partial charge in [0.15, 0.2) is 0 Å². The molecule has 0 fully saturated rings. The summed E-state index contributed by atoms with van der Waals surface area (Å²) in [6, 6.07) is 0. The highest BCUT2D eigenvalue weighted by Gasteiger charge is 2.02. The molecule has 1 amide bonds. The summed E-state index contributed by atoms with van der Waals surface area (Å²) < 4.78 is 13.1. The van der Waals surface area contributed by atoms with Crippen LogP contribution in [0.25, 0.3) is 0 Å². The molecule has 0 spiro atoms. The van der Waals surface area contributed by atoms with Gasteiger partial charge >= 0.3 is 8.25 Å².